The fraction of sp³-hybridized carbons (Fsp3) is 0.300. The molecular weight excluding hydrogens is 221 g/mol. The van der Waals surface area contributed by atoms with Crippen LogP contribution in [0.4, 0.5) is 24.5 Å². The topological polar surface area (TPSA) is 41.1 Å². The summed E-state index contributed by atoms with van der Waals surface area (Å²) in [5.74, 6) is -0.412. The molecule has 0 unspecified atom stereocenters. The van der Waals surface area contributed by atoms with Gasteiger partial charge in [0.1, 0.15) is 0 Å². The summed E-state index contributed by atoms with van der Waals surface area (Å²) in [6.07, 6.45) is -4.45. The van der Waals surface area contributed by atoms with E-state index in [4.69, 9.17) is 0 Å². The normalized spacial score (nSPS) is 11.1. The van der Waals surface area contributed by atoms with E-state index in [9.17, 15) is 18.0 Å². The van der Waals surface area contributed by atoms with Crippen molar-refractivity contribution >= 4 is 17.3 Å². The molecule has 0 heterocycles. The molecule has 1 aromatic rings. The zero-order valence-corrected chi connectivity index (χ0v) is 8.77. The average molecular weight is 232 g/mol. The van der Waals surface area contributed by atoms with E-state index in [0.717, 1.165) is 6.07 Å². The quantitative estimate of drug-likeness (QED) is 0.823. The number of amides is 1. The lowest BCUT2D eigenvalue weighted by Gasteiger charge is -2.14. The van der Waals surface area contributed by atoms with Crippen molar-refractivity contribution in [3.8, 4) is 0 Å². The predicted molar refractivity (Wildman–Crippen MR) is 55.3 cm³/mol. The Kier molecular flexibility index (Phi) is 3.41. The number of carbonyl (C=O) groups is 1. The lowest BCUT2D eigenvalue weighted by molar-refractivity contribution is -0.137. The lowest BCUT2D eigenvalue weighted by atomic mass is 10.1. The third kappa shape index (κ3) is 2.88. The van der Waals surface area contributed by atoms with E-state index in [0.29, 0.717) is 0 Å². The fourth-order valence-electron chi connectivity index (χ4n) is 1.28. The Morgan fingerprint density at radius 1 is 1.31 bits per heavy atom. The van der Waals surface area contributed by atoms with E-state index < -0.39 is 17.6 Å². The first-order valence-corrected chi connectivity index (χ1v) is 4.51. The molecule has 1 aromatic carbocycles. The largest absolute Gasteiger partial charge is 0.418 e. The van der Waals surface area contributed by atoms with Gasteiger partial charge in [0.15, 0.2) is 0 Å². The molecule has 16 heavy (non-hydrogen) atoms. The number of nitrogens with one attached hydrogen (secondary N) is 2. The Balaban J connectivity index is 3.16. The van der Waals surface area contributed by atoms with Crippen LogP contribution in [0.5, 0.6) is 0 Å². The second-order valence-corrected chi connectivity index (χ2v) is 3.19. The van der Waals surface area contributed by atoms with Crippen molar-refractivity contribution in [3.05, 3.63) is 23.8 Å². The van der Waals surface area contributed by atoms with Gasteiger partial charge in [-0.15, -0.1) is 0 Å². The lowest BCUT2D eigenvalue weighted by Crippen LogP contribution is -2.11. The number of alkyl halides is 3. The van der Waals surface area contributed by atoms with Crippen molar-refractivity contribution < 1.29 is 18.0 Å². The number of anilines is 2. The minimum atomic E-state index is -4.45. The minimum absolute atomic E-state index is 0.0263. The second kappa shape index (κ2) is 4.42. The summed E-state index contributed by atoms with van der Waals surface area (Å²) >= 11 is 0. The van der Waals surface area contributed by atoms with Crippen molar-refractivity contribution in [2.75, 3.05) is 17.7 Å². The number of benzene rings is 1. The Morgan fingerprint density at radius 2 is 1.94 bits per heavy atom. The maximum absolute atomic E-state index is 12.6. The highest BCUT2D eigenvalue weighted by atomic mass is 19.4. The summed E-state index contributed by atoms with van der Waals surface area (Å²) in [5, 5.41) is 4.75. The Labute approximate surface area is 90.6 Å². The van der Waals surface area contributed by atoms with Crippen LogP contribution < -0.4 is 10.6 Å². The number of hydrogen-bond acceptors (Lipinski definition) is 2. The maximum atomic E-state index is 12.6. The zero-order valence-electron chi connectivity index (χ0n) is 8.77. The van der Waals surface area contributed by atoms with Gasteiger partial charge < -0.3 is 10.6 Å². The van der Waals surface area contributed by atoms with E-state index >= 15 is 0 Å². The van der Waals surface area contributed by atoms with Crippen molar-refractivity contribution in [2.45, 2.75) is 13.1 Å². The molecule has 3 nitrogen and oxygen atoms in total. The van der Waals surface area contributed by atoms with Crippen LogP contribution in [0.3, 0.4) is 0 Å². The monoisotopic (exact) mass is 232 g/mol. The molecule has 2 N–H and O–H groups in total. The van der Waals surface area contributed by atoms with Crippen LogP contribution in [0.15, 0.2) is 18.2 Å². The summed E-state index contributed by atoms with van der Waals surface area (Å²) in [5.41, 5.74) is -0.707. The van der Waals surface area contributed by atoms with Crippen LogP contribution in [0.25, 0.3) is 0 Å². The number of halogens is 3. The second-order valence-electron chi connectivity index (χ2n) is 3.19. The standard InChI is InChI=1S/C10H11F3N2O/c1-6(16)15-7-3-4-9(14-2)8(5-7)10(11,12)13/h3-5,14H,1-2H3,(H,15,16). The third-order valence-corrected chi connectivity index (χ3v) is 1.91. The van der Waals surface area contributed by atoms with Crippen LogP contribution in [-0.2, 0) is 11.0 Å². The third-order valence-electron chi connectivity index (χ3n) is 1.91. The average Bonchev–Trinajstić information content (AvgIpc) is 2.15. The maximum Gasteiger partial charge on any atom is 0.418 e. The molecule has 0 saturated heterocycles. The highest BCUT2D eigenvalue weighted by Gasteiger charge is 2.33. The first kappa shape index (κ1) is 12.4. The smallest absolute Gasteiger partial charge is 0.388 e. The highest BCUT2D eigenvalue weighted by molar-refractivity contribution is 5.89. The summed E-state index contributed by atoms with van der Waals surface area (Å²) in [7, 11) is 1.41. The van der Waals surface area contributed by atoms with Crippen LogP contribution in [0.1, 0.15) is 12.5 Å². The molecule has 0 radical (unpaired) electrons. The molecule has 0 aliphatic heterocycles. The summed E-state index contributed by atoms with van der Waals surface area (Å²) < 4.78 is 37.8. The molecule has 0 aliphatic carbocycles. The van der Waals surface area contributed by atoms with Gasteiger partial charge in [0.2, 0.25) is 5.91 Å². The number of carbonyl (C=O) groups excluding carboxylic acids is 1. The van der Waals surface area contributed by atoms with Crippen molar-refractivity contribution in [2.24, 2.45) is 0 Å². The van der Waals surface area contributed by atoms with Crippen LogP contribution in [0, 0.1) is 0 Å². The van der Waals surface area contributed by atoms with Crippen molar-refractivity contribution in [3.63, 3.8) is 0 Å². The van der Waals surface area contributed by atoms with Gasteiger partial charge >= 0.3 is 6.18 Å². The van der Waals surface area contributed by atoms with E-state index in [1.165, 1.54) is 26.1 Å². The molecule has 1 amide bonds. The Morgan fingerprint density at radius 3 is 2.38 bits per heavy atom. The molecule has 88 valence electrons. The van der Waals surface area contributed by atoms with Gasteiger partial charge in [-0.05, 0) is 18.2 Å². The Hall–Kier alpha value is -1.72. The summed E-state index contributed by atoms with van der Waals surface area (Å²) in [4.78, 5) is 10.7. The van der Waals surface area contributed by atoms with Gasteiger partial charge in [-0.2, -0.15) is 13.2 Å². The molecule has 0 bridgehead atoms. The molecule has 0 atom stereocenters. The summed E-state index contributed by atoms with van der Waals surface area (Å²) in [6.45, 7) is 1.24. The van der Waals surface area contributed by atoms with Crippen molar-refractivity contribution in [1.29, 1.82) is 0 Å². The molecule has 0 aliphatic rings. The number of hydrogen-bond donors (Lipinski definition) is 2. The first-order chi connectivity index (χ1) is 7.34. The Bertz CT molecular complexity index is 402. The van der Waals surface area contributed by atoms with Gasteiger partial charge in [-0.25, -0.2) is 0 Å². The minimum Gasteiger partial charge on any atom is -0.388 e. The summed E-state index contributed by atoms with van der Waals surface area (Å²) in [6, 6.07) is 3.57. The van der Waals surface area contributed by atoms with E-state index in [1.54, 1.807) is 0 Å². The SMILES string of the molecule is CNc1ccc(NC(C)=O)cc1C(F)(F)F. The first-order valence-electron chi connectivity index (χ1n) is 4.51. The molecule has 1 rings (SSSR count). The van der Waals surface area contributed by atoms with Crippen molar-refractivity contribution in [1.82, 2.24) is 0 Å². The fourth-order valence-corrected chi connectivity index (χ4v) is 1.28. The molecule has 0 aromatic heterocycles. The molecule has 6 heteroatoms. The van der Waals surface area contributed by atoms with Gasteiger partial charge in [-0.3, -0.25) is 4.79 Å². The molecular formula is C10H11F3N2O. The van der Waals surface area contributed by atoms with Crippen LogP contribution in [-0.4, -0.2) is 13.0 Å². The molecule has 0 spiro atoms. The van der Waals surface area contributed by atoms with Gasteiger partial charge in [0.25, 0.3) is 0 Å². The van der Waals surface area contributed by atoms with Gasteiger partial charge in [0, 0.05) is 25.3 Å². The van der Waals surface area contributed by atoms with Gasteiger partial charge in [-0.1, -0.05) is 0 Å². The van der Waals surface area contributed by atoms with Crippen LogP contribution in [0.2, 0.25) is 0 Å². The molecule has 0 saturated carbocycles. The van der Waals surface area contributed by atoms with E-state index in [2.05, 4.69) is 10.6 Å². The van der Waals surface area contributed by atoms with Gasteiger partial charge in [0.05, 0.1) is 5.56 Å². The predicted octanol–water partition coefficient (Wildman–Crippen LogP) is 2.71. The number of rotatable bonds is 2. The van der Waals surface area contributed by atoms with Crippen LogP contribution >= 0.6 is 0 Å². The highest BCUT2D eigenvalue weighted by Crippen LogP contribution is 2.36. The zero-order chi connectivity index (χ0) is 12.3. The van der Waals surface area contributed by atoms with E-state index in [1.807, 2.05) is 0 Å². The van der Waals surface area contributed by atoms with E-state index in [-0.39, 0.29) is 11.4 Å². The molecule has 0 fully saturated rings.